The minimum Gasteiger partial charge on any atom is -0.455 e. The number of anilines is 1. The summed E-state index contributed by atoms with van der Waals surface area (Å²) in [6.07, 6.45) is 1.67. The molecule has 0 aliphatic carbocycles. The van der Waals surface area contributed by atoms with Crippen LogP contribution < -0.4 is 10.6 Å². The molecule has 0 aliphatic rings. The number of carbonyl (C=O) groups excluding carboxylic acids is 3. The lowest BCUT2D eigenvalue weighted by Crippen LogP contribution is -2.26. The lowest BCUT2D eigenvalue weighted by atomic mass is 10.1. The van der Waals surface area contributed by atoms with E-state index >= 15 is 0 Å². The zero-order valence-electron chi connectivity index (χ0n) is 19.3. The lowest BCUT2D eigenvalue weighted by molar-refractivity contribution is -0.146. The fourth-order valence-electron chi connectivity index (χ4n) is 3.62. The van der Waals surface area contributed by atoms with Gasteiger partial charge in [0.2, 0.25) is 0 Å². The van der Waals surface area contributed by atoms with Crippen LogP contribution in [0.3, 0.4) is 0 Å². The summed E-state index contributed by atoms with van der Waals surface area (Å²) in [5, 5.41) is 6.44. The molecular formula is C28H25N3O4. The molecule has 4 aromatic rings. The van der Waals surface area contributed by atoms with Gasteiger partial charge in [0.25, 0.3) is 11.8 Å². The van der Waals surface area contributed by atoms with Crippen molar-refractivity contribution in [3.8, 4) is 0 Å². The molecule has 0 bridgehead atoms. The summed E-state index contributed by atoms with van der Waals surface area (Å²) in [6.45, 7) is 1.90. The van der Waals surface area contributed by atoms with Gasteiger partial charge in [-0.1, -0.05) is 66.2 Å². The second kappa shape index (κ2) is 11.1. The van der Waals surface area contributed by atoms with Crippen LogP contribution >= 0.6 is 0 Å². The number of ether oxygens (including phenoxy) is 1. The zero-order valence-corrected chi connectivity index (χ0v) is 19.3. The third kappa shape index (κ3) is 6.29. The molecule has 0 saturated carbocycles. The van der Waals surface area contributed by atoms with E-state index in [4.69, 9.17) is 4.74 Å². The molecule has 0 spiro atoms. The van der Waals surface area contributed by atoms with Crippen molar-refractivity contribution < 1.29 is 19.1 Å². The van der Waals surface area contributed by atoms with Crippen molar-refractivity contribution in [2.45, 2.75) is 19.9 Å². The Morgan fingerprint density at radius 1 is 0.886 bits per heavy atom. The number of fused-ring (bicyclic) bond motifs is 1. The highest BCUT2D eigenvalue weighted by Crippen LogP contribution is 2.17. The molecule has 7 nitrogen and oxygen atoms in total. The predicted molar refractivity (Wildman–Crippen MR) is 134 cm³/mol. The highest BCUT2D eigenvalue weighted by molar-refractivity contribution is 6.04. The fraction of sp³-hybridized carbons (Fsp3) is 0.143. The van der Waals surface area contributed by atoms with Gasteiger partial charge in [0, 0.05) is 18.1 Å². The van der Waals surface area contributed by atoms with Crippen LogP contribution in [0.15, 0.2) is 85.1 Å². The Morgan fingerprint density at radius 3 is 2.49 bits per heavy atom. The minimum absolute atomic E-state index is 0.000360. The standard InChI is InChI=1S/C28H25N3O4/c1-19-11-13-20(14-12-19)17-30-28(34)23-9-2-3-10-24(23)31-25(32)18-35-26(33)16-22-7-4-6-21-8-5-15-29-27(21)22/h2-15H,16-18H2,1H3,(H,30,34)(H,31,32). The van der Waals surface area contributed by atoms with Crippen LogP contribution in [0, 0.1) is 6.92 Å². The molecule has 0 atom stereocenters. The average molecular weight is 468 g/mol. The van der Waals surface area contributed by atoms with Crippen molar-refractivity contribution in [1.29, 1.82) is 0 Å². The Kier molecular flexibility index (Phi) is 7.47. The van der Waals surface area contributed by atoms with Gasteiger partial charge in [-0.05, 0) is 36.2 Å². The largest absolute Gasteiger partial charge is 0.455 e. The summed E-state index contributed by atoms with van der Waals surface area (Å²) in [5.41, 5.74) is 4.22. The van der Waals surface area contributed by atoms with E-state index in [1.54, 1.807) is 30.5 Å². The maximum Gasteiger partial charge on any atom is 0.310 e. The summed E-state index contributed by atoms with van der Waals surface area (Å²) >= 11 is 0. The number of aryl methyl sites for hydroxylation is 1. The summed E-state index contributed by atoms with van der Waals surface area (Å²) in [6, 6.07) is 23.9. The van der Waals surface area contributed by atoms with Gasteiger partial charge in [-0.3, -0.25) is 19.4 Å². The number of nitrogens with one attached hydrogen (secondary N) is 2. The van der Waals surface area contributed by atoms with E-state index in [9.17, 15) is 14.4 Å². The van der Waals surface area contributed by atoms with Crippen molar-refractivity contribution >= 4 is 34.4 Å². The van der Waals surface area contributed by atoms with Crippen molar-refractivity contribution in [2.24, 2.45) is 0 Å². The molecule has 4 rings (SSSR count). The topological polar surface area (TPSA) is 97.4 Å². The van der Waals surface area contributed by atoms with Gasteiger partial charge in [0.05, 0.1) is 23.2 Å². The summed E-state index contributed by atoms with van der Waals surface area (Å²) in [7, 11) is 0. The third-order valence-electron chi connectivity index (χ3n) is 5.43. The monoisotopic (exact) mass is 467 g/mol. The Balaban J connectivity index is 1.32. The number of benzene rings is 3. The number of esters is 1. The fourth-order valence-corrected chi connectivity index (χ4v) is 3.62. The normalized spacial score (nSPS) is 10.5. The number of aromatic nitrogens is 1. The Labute approximate surface area is 203 Å². The van der Waals surface area contributed by atoms with Gasteiger partial charge in [-0.25, -0.2) is 0 Å². The van der Waals surface area contributed by atoms with Gasteiger partial charge < -0.3 is 15.4 Å². The van der Waals surface area contributed by atoms with Crippen LogP contribution in [-0.4, -0.2) is 29.4 Å². The molecule has 2 amide bonds. The zero-order chi connectivity index (χ0) is 24.6. The van der Waals surface area contributed by atoms with Crippen molar-refractivity contribution in [3.63, 3.8) is 0 Å². The summed E-state index contributed by atoms with van der Waals surface area (Å²) in [4.78, 5) is 41.8. The van der Waals surface area contributed by atoms with Crippen LogP contribution in [0.1, 0.15) is 27.0 Å². The van der Waals surface area contributed by atoms with Crippen molar-refractivity contribution in [1.82, 2.24) is 10.3 Å². The quantitative estimate of drug-likeness (QED) is 0.379. The molecule has 3 aromatic carbocycles. The first-order valence-corrected chi connectivity index (χ1v) is 11.2. The predicted octanol–water partition coefficient (Wildman–Crippen LogP) is 4.20. The molecule has 7 heteroatoms. The molecule has 0 fully saturated rings. The number of para-hydroxylation sites is 2. The number of pyridine rings is 1. The van der Waals surface area contributed by atoms with E-state index in [-0.39, 0.29) is 12.3 Å². The molecule has 35 heavy (non-hydrogen) atoms. The van der Waals surface area contributed by atoms with E-state index in [0.717, 1.165) is 27.6 Å². The second-order valence-corrected chi connectivity index (χ2v) is 8.09. The van der Waals surface area contributed by atoms with Crippen LogP contribution in [0.25, 0.3) is 10.9 Å². The molecule has 1 heterocycles. The van der Waals surface area contributed by atoms with Crippen molar-refractivity contribution in [2.75, 3.05) is 11.9 Å². The lowest BCUT2D eigenvalue weighted by Gasteiger charge is -2.12. The number of hydrogen-bond acceptors (Lipinski definition) is 5. The Bertz CT molecular complexity index is 1360. The van der Waals surface area contributed by atoms with Crippen LogP contribution in [0.4, 0.5) is 5.69 Å². The number of nitrogens with zero attached hydrogens (tertiary/aromatic N) is 1. The average Bonchev–Trinajstić information content (AvgIpc) is 2.87. The van der Waals surface area contributed by atoms with Gasteiger partial charge in [0.15, 0.2) is 6.61 Å². The maximum absolute atomic E-state index is 12.7. The van der Waals surface area contributed by atoms with E-state index < -0.39 is 18.5 Å². The summed E-state index contributed by atoms with van der Waals surface area (Å²) in [5.74, 6) is -1.39. The molecular weight excluding hydrogens is 442 g/mol. The first-order valence-electron chi connectivity index (χ1n) is 11.2. The molecule has 0 radical (unpaired) electrons. The van der Waals surface area contributed by atoms with Crippen molar-refractivity contribution in [3.05, 3.63) is 107 Å². The number of hydrogen-bond donors (Lipinski definition) is 2. The van der Waals surface area contributed by atoms with Gasteiger partial charge in [-0.15, -0.1) is 0 Å². The SMILES string of the molecule is Cc1ccc(CNC(=O)c2ccccc2NC(=O)COC(=O)Cc2cccc3cccnc23)cc1. The highest BCUT2D eigenvalue weighted by Gasteiger charge is 2.15. The smallest absolute Gasteiger partial charge is 0.310 e. The Hall–Kier alpha value is -4.52. The van der Waals surface area contributed by atoms with Crippen LogP contribution in [0.2, 0.25) is 0 Å². The molecule has 1 aromatic heterocycles. The summed E-state index contributed by atoms with van der Waals surface area (Å²) < 4.78 is 5.16. The number of carbonyl (C=O) groups is 3. The third-order valence-corrected chi connectivity index (χ3v) is 5.43. The number of rotatable bonds is 8. The van der Waals surface area contributed by atoms with Gasteiger partial charge in [0.1, 0.15) is 0 Å². The molecule has 2 N–H and O–H groups in total. The molecule has 0 unspecified atom stereocenters. The van der Waals surface area contributed by atoms with Gasteiger partial charge >= 0.3 is 5.97 Å². The minimum atomic E-state index is -0.539. The molecule has 176 valence electrons. The van der Waals surface area contributed by atoms with E-state index in [0.29, 0.717) is 17.8 Å². The second-order valence-electron chi connectivity index (χ2n) is 8.09. The molecule has 0 saturated heterocycles. The maximum atomic E-state index is 12.7. The van der Waals surface area contributed by atoms with Crippen LogP contribution in [-0.2, 0) is 27.3 Å². The van der Waals surface area contributed by atoms with E-state index in [2.05, 4.69) is 15.6 Å². The highest BCUT2D eigenvalue weighted by atomic mass is 16.5. The van der Waals surface area contributed by atoms with Gasteiger partial charge in [-0.2, -0.15) is 0 Å². The molecule has 0 aliphatic heterocycles. The Morgan fingerprint density at radius 2 is 1.66 bits per heavy atom. The number of amides is 2. The van der Waals surface area contributed by atoms with E-state index in [1.807, 2.05) is 61.5 Å². The van der Waals surface area contributed by atoms with Crippen LogP contribution in [0.5, 0.6) is 0 Å². The first-order chi connectivity index (χ1) is 17.0. The van der Waals surface area contributed by atoms with E-state index in [1.165, 1.54) is 0 Å². The first kappa shape index (κ1) is 23.6.